The van der Waals surface area contributed by atoms with E-state index in [0.29, 0.717) is 5.69 Å². The zero-order valence-electron chi connectivity index (χ0n) is 11.9. The van der Waals surface area contributed by atoms with Gasteiger partial charge in [0.15, 0.2) is 0 Å². The summed E-state index contributed by atoms with van der Waals surface area (Å²) in [5.74, 6) is 0. The fraction of sp³-hybridized carbons (Fsp3) is 0.250. The molecule has 1 aliphatic rings. The monoisotopic (exact) mass is 302 g/mol. The van der Waals surface area contributed by atoms with Crippen LogP contribution in [0.2, 0.25) is 0 Å². The van der Waals surface area contributed by atoms with E-state index in [0.717, 1.165) is 30.6 Å². The van der Waals surface area contributed by atoms with E-state index in [1.54, 1.807) is 18.2 Å². The first-order valence-electron chi connectivity index (χ1n) is 7.01. The Balaban J connectivity index is 1.91. The highest BCUT2D eigenvalue weighted by Crippen LogP contribution is 2.26. The number of benzene rings is 2. The summed E-state index contributed by atoms with van der Waals surface area (Å²) in [5.41, 5.74) is 3.70. The van der Waals surface area contributed by atoms with E-state index >= 15 is 0 Å². The van der Waals surface area contributed by atoms with Gasteiger partial charge in [0.25, 0.3) is 10.0 Å². The standard InChI is InChI=1S/C16H18N2O2S/c1-12-4-2-6-14(10-12)18-21(19,20)15-8-7-13-5-3-9-17-16(13)11-15/h2,4,6-8,10-11,17-18H,3,5,9H2,1H3. The molecule has 0 unspecified atom stereocenters. The lowest BCUT2D eigenvalue weighted by atomic mass is 10.0. The molecule has 0 bridgehead atoms. The van der Waals surface area contributed by atoms with E-state index < -0.39 is 10.0 Å². The lowest BCUT2D eigenvalue weighted by molar-refractivity contribution is 0.601. The second kappa shape index (κ2) is 5.41. The Kier molecular flexibility index (Phi) is 3.59. The fourth-order valence-electron chi connectivity index (χ4n) is 2.53. The molecule has 0 spiro atoms. The fourth-order valence-corrected chi connectivity index (χ4v) is 3.61. The summed E-state index contributed by atoms with van der Waals surface area (Å²) in [4.78, 5) is 0.289. The van der Waals surface area contributed by atoms with Gasteiger partial charge >= 0.3 is 0 Å². The van der Waals surface area contributed by atoms with Crippen LogP contribution in [0.4, 0.5) is 11.4 Å². The Morgan fingerprint density at radius 3 is 2.81 bits per heavy atom. The van der Waals surface area contributed by atoms with Crippen LogP contribution in [0.1, 0.15) is 17.5 Å². The van der Waals surface area contributed by atoms with Gasteiger partial charge in [-0.2, -0.15) is 0 Å². The largest absolute Gasteiger partial charge is 0.385 e. The van der Waals surface area contributed by atoms with Crippen LogP contribution < -0.4 is 10.0 Å². The molecular formula is C16H18N2O2S. The maximum atomic E-state index is 12.5. The molecule has 0 aromatic heterocycles. The maximum absolute atomic E-state index is 12.5. The van der Waals surface area contributed by atoms with Crippen LogP contribution in [0.5, 0.6) is 0 Å². The summed E-state index contributed by atoms with van der Waals surface area (Å²) in [5, 5.41) is 3.26. The molecule has 4 nitrogen and oxygen atoms in total. The van der Waals surface area contributed by atoms with Crippen molar-refractivity contribution in [3.8, 4) is 0 Å². The van der Waals surface area contributed by atoms with Gasteiger partial charge in [-0.1, -0.05) is 18.2 Å². The number of aryl methyl sites for hydroxylation is 2. The van der Waals surface area contributed by atoms with Gasteiger partial charge in [-0.25, -0.2) is 8.42 Å². The van der Waals surface area contributed by atoms with E-state index in [4.69, 9.17) is 0 Å². The number of fused-ring (bicyclic) bond motifs is 1. The van der Waals surface area contributed by atoms with Crippen molar-refractivity contribution in [1.82, 2.24) is 0 Å². The molecule has 21 heavy (non-hydrogen) atoms. The molecule has 0 fully saturated rings. The van der Waals surface area contributed by atoms with Crippen molar-refractivity contribution in [1.29, 1.82) is 0 Å². The normalized spacial score (nSPS) is 14.1. The molecule has 2 N–H and O–H groups in total. The molecule has 2 aromatic rings. The Bertz CT molecular complexity index is 770. The minimum atomic E-state index is -3.55. The second-order valence-electron chi connectivity index (χ2n) is 5.32. The summed E-state index contributed by atoms with van der Waals surface area (Å²) < 4.78 is 27.5. The quantitative estimate of drug-likeness (QED) is 0.915. The van der Waals surface area contributed by atoms with Gasteiger partial charge in [0.05, 0.1) is 4.90 Å². The minimum absolute atomic E-state index is 0.289. The van der Waals surface area contributed by atoms with Gasteiger partial charge in [0, 0.05) is 17.9 Å². The molecule has 0 saturated carbocycles. The summed E-state index contributed by atoms with van der Waals surface area (Å²) in [7, 11) is -3.55. The van der Waals surface area contributed by atoms with Crippen LogP contribution in [0.3, 0.4) is 0 Å². The van der Waals surface area contributed by atoms with E-state index in [9.17, 15) is 8.42 Å². The number of anilines is 2. The van der Waals surface area contributed by atoms with Crippen LogP contribution >= 0.6 is 0 Å². The Morgan fingerprint density at radius 2 is 2.00 bits per heavy atom. The molecule has 3 rings (SSSR count). The highest BCUT2D eigenvalue weighted by Gasteiger charge is 2.17. The Morgan fingerprint density at radius 1 is 1.14 bits per heavy atom. The third kappa shape index (κ3) is 3.03. The van der Waals surface area contributed by atoms with Gasteiger partial charge in [-0.15, -0.1) is 0 Å². The van der Waals surface area contributed by atoms with Crippen molar-refractivity contribution in [2.75, 3.05) is 16.6 Å². The van der Waals surface area contributed by atoms with Crippen molar-refractivity contribution in [3.63, 3.8) is 0 Å². The van der Waals surface area contributed by atoms with Crippen molar-refractivity contribution in [3.05, 3.63) is 53.6 Å². The van der Waals surface area contributed by atoms with Crippen LogP contribution in [-0.2, 0) is 16.4 Å². The highest BCUT2D eigenvalue weighted by molar-refractivity contribution is 7.92. The van der Waals surface area contributed by atoms with E-state index in [-0.39, 0.29) is 4.90 Å². The minimum Gasteiger partial charge on any atom is -0.385 e. The topological polar surface area (TPSA) is 58.2 Å². The third-order valence-electron chi connectivity index (χ3n) is 3.60. The van der Waals surface area contributed by atoms with Crippen LogP contribution in [0, 0.1) is 6.92 Å². The number of nitrogens with one attached hydrogen (secondary N) is 2. The van der Waals surface area contributed by atoms with Crippen molar-refractivity contribution in [2.45, 2.75) is 24.7 Å². The lowest BCUT2D eigenvalue weighted by Gasteiger charge is -2.19. The maximum Gasteiger partial charge on any atom is 0.261 e. The molecule has 2 aromatic carbocycles. The highest BCUT2D eigenvalue weighted by atomic mass is 32.2. The average Bonchev–Trinajstić information content (AvgIpc) is 2.46. The molecule has 0 amide bonds. The number of rotatable bonds is 3. The van der Waals surface area contributed by atoms with Crippen LogP contribution in [0.25, 0.3) is 0 Å². The lowest BCUT2D eigenvalue weighted by Crippen LogP contribution is -2.16. The summed E-state index contributed by atoms with van der Waals surface area (Å²) in [6.45, 7) is 2.82. The first-order chi connectivity index (χ1) is 10.0. The van der Waals surface area contributed by atoms with Gasteiger partial charge < -0.3 is 5.32 Å². The molecule has 0 aliphatic carbocycles. The second-order valence-corrected chi connectivity index (χ2v) is 7.01. The molecule has 1 heterocycles. The molecule has 1 aliphatic heterocycles. The van der Waals surface area contributed by atoms with Gasteiger partial charge in [0.1, 0.15) is 0 Å². The number of sulfonamides is 1. The molecule has 0 saturated heterocycles. The third-order valence-corrected chi connectivity index (χ3v) is 4.98. The average molecular weight is 302 g/mol. The zero-order chi connectivity index (χ0) is 14.9. The van der Waals surface area contributed by atoms with Gasteiger partial charge in [-0.3, -0.25) is 4.72 Å². The SMILES string of the molecule is Cc1cccc(NS(=O)(=O)c2ccc3c(c2)NCCC3)c1. The molecule has 0 atom stereocenters. The van der Waals surface area contributed by atoms with Crippen molar-refractivity contribution >= 4 is 21.4 Å². The van der Waals surface area contributed by atoms with Gasteiger partial charge in [0.2, 0.25) is 0 Å². The summed E-state index contributed by atoms with van der Waals surface area (Å²) >= 11 is 0. The number of hydrogen-bond acceptors (Lipinski definition) is 3. The smallest absolute Gasteiger partial charge is 0.261 e. The predicted octanol–water partition coefficient (Wildman–Crippen LogP) is 3.15. The number of hydrogen-bond donors (Lipinski definition) is 2. The van der Waals surface area contributed by atoms with Gasteiger partial charge in [-0.05, 0) is 55.2 Å². The van der Waals surface area contributed by atoms with Crippen LogP contribution in [-0.4, -0.2) is 15.0 Å². The van der Waals surface area contributed by atoms with E-state index in [1.165, 1.54) is 5.56 Å². The first kappa shape index (κ1) is 13.9. The Labute approximate surface area is 125 Å². The molecule has 110 valence electrons. The van der Waals surface area contributed by atoms with E-state index in [2.05, 4.69) is 10.0 Å². The molecular weight excluding hydrogens is 284 g/mol. The van der Waals surface area contributed by atoms with E-state index in [1.807, 2.05) is 31.2 Å². The molecule has 0 radical (unpaired) electrons. The first-order valence-corrected chi connectivity index (χ1v) is 8.49. The Hall–Kier alpha value is -2.01. The van der Waals surface area contributed by atoms with Crippen molar-refractivity contribution < 1.29 is 8.42 Å². The predicted molar refractivity (Wildman–Crippen MR) is 85.2 cm³/mol. The van der Waals surface area contributed by atoms with Crippen molar-refractivity contribution in [2.24, 2.45) is 0 Å². The zero-order valence-corrected chi connectivity index (χ0v) is 12.7. The summed E-state index contributed by atoms with van der Waals surface area (Å²) in [6.07, 6.45) is 2.08. The molecule has 5 heteroatoms. The summed E-state index contributed by atoms with van der Waals surface area (Å²) in [6, 6.07) is 12.6. The van der Waals surface area contributed by atoms with Crippen LogP contribution in [0.15, 0.2) is 47.4 Å².